The topological polar surface area (TPSA) is 71.1 Å². The molecule has 3 rings (SSSR count). The van der Waals surface area contributed by atoms with Gasteiger partial charge in [-0.25, -0.2) is 0 Å². The number of anilines is 1. The number of hydrogen-bond donors (Lipinski definition) is 1. The predicted octanol–water partition coefficient (Wildman–Crippen LogP) is 2.19. The smallest absolute Gasteiger partial charge is 0.387 e. The largest absolute Gasteiger partial charge is 0.435 e. The van der Waals surface area contributed by atoms with Gasteiger partial charge in [0, 0.05) is 24.7 Å². The van der Waals surface area contributed by atoms with Crippen LogP contribution in [0.4, 0.5) is 14.5 Å². The van der Waals surface area contributed by atoms with E-state index in [0.29, 0.717) is 45.1 Å². The second kappa shape index (κ2) is 9.98. The normalized spacial score (nSPS) is 19.8. The number of hydrogen-bond acceptors (Lipinski definition) is 5. The summed E-state index contributed by atoms with van der Waals surface area (Å²) >= 11 is 0. The van der Waals surface area contributed by atoms with Crippen LogP contribution in [0.1, 0.15) is 19.8 Å². The van der Waals surface area contributed by atoms with Gasteiger partial charge in [-0.1, -0.05) is 0 Å². The van der Waals surface area contributed by atoms with Crippen molar-refractivity contribution in [3.8, 4) is 5.75 Å². The first kappa shape index (κ1) is 21.4. The van der Waals surface area contributed by atoms with Gasteiger partial charge in [0.25, 0.3) is 0 Å². The number of amides is 2. The Kier molecular flexibility index (Phi) is 7.38. The van der Waals surface area contributed by atoms with E-state index >= 15 is 0 Å². The summed E-state index contributed by atoms with van der Waals surface area (Å²) in [4.78, 5) is 29.1. The van der Waals surface area contributed by atoms with Gasteiger partial charge in [0.2, 0.25) is 11.8 Å². The number of ether oxygens (including phenoxy) is 2. The highest BCUT2D eigenvalue weighted by atomic mass is 19.3. The molecule has 2 saturated heterocycles. The minimum Gasteiger partial charge on any atom is -0.435 e. The molecule has 0 spiro atoms. The molecular formula is C20H27F2N3O4. The second-order valence-electron chi connectivity index (χ2n) is 7.32. The van der Waals surface area contributed by atoms with Crippen LogP contribution in [0.3, 0.4) is 0 Å². The van der Waals surface area contributed by atoms with Gasteiger partial charge in [-0.2, -0.15) is 8.78 Å². The molecule has 0 aromatic heterocycles. The number of piperidine rings is 1. The zero-order valence-electron chi connectivity index (χ0n) is 16.5. The van der Waals surface area contributed by atoms with Crippen molar-refractivity contribution < 1.29 is 27.8 Å². The number of alkyl halides is 2. The zero-order valence-corrected chi connectivity index (χ0v) is 16.5. The van der Waals surface area contributed by atoms with E-state index in [9.17, 15) is 18.4 Å². The van der Waals surface area contributed by atoms with Crippen LogP contribution in [0.2, 0.25) is 0 Å². The molecule has 2 aliphatic heterocycles. The first-order chi connectivity index (χ1) is 13.9. The Morgan fingerprint density at radius 3 is 2.31 bits per heavy atom. The third kappa shape index (κ3) is 5.86. The van der Waals surface area contributed by atoms with Gasteiger partial charge in [-0.15, -0.1) is 0 Å². The minimum absolute atomic E-state index is 0.00184. The first-order valence-corrected chi connectivity index (χ1v) is 9.90. The summed E-state index contributed by atoms with van der Waals surface area (Å²) < 4.78 is 34.0. The van der Waals surface area contributed by atoms with Crippen molar-refractivity contribution >= 4 is 17.5 Å². The molecular weight excluding hydrogens is 384 g/mol. The van der Waals surface area contributed by atoms with Crippen molar-refractivity contribution in [2.75, 3.05) is 44.7 Å². The predicted molar refractivity (Wildman–Crippen MR) is 103 cm³/mol. The highest BCUT2D eigenvalue weighted by Gasteiger charge is 2.32. The number of morpholine rings is 1. The molecule has 1 aromatic rings. The third-order valence-electron chi connectivity index (χ3n) is 5.48. The highest BCUT2D eigenvalue weighted by Crippen LogP contribution is 2.23. The van der Waals surface area contributed by atoms with E-state index in [4.69, 9.17) is 4.74 Å². The molecule has 1 atom stereocenters. The Balaban J connectivity index is 1.46. The van der Waals surface area contributed by atoms with E-state index in [0.717, 1.165) is 12.8 Å². The average Bonchev–Trinajstić information content (AvgIpc) is 2.74. The van der Waals surface area contributed by atoms with Gasteiger partial charge < -0.3 is 19.7 Å². The van der Waals surface area contributed by atoms with E-state index < -0.39 is 6.61 Å². The quantitative estimate of drug-likeness (QED) is 0.777. The molecule has 7 nitrogen and oxygen atoms in total. The summed E-state index contributed by atoms with van der Waals surface area (Å²) in [6.45, 7) is 2.79. The Morgan fingerprint density at radius 1 is 1.10 bits per heavy atom. The van der Waals surface area contributed by atoms with Crippen LogP contribution < -0.4 is 10.1 Å². The van der Waals surface area contributed by atoms with Gasteiger partial charge >= 0.3 is 6.61 Å². The number of carbonyl (C=O) groups is 2. The summed E-state index contributed by atoms with van der Waals surface area (Å²) in [5.41, 5.74) is 0.515. The lowest BCUT2D eigenvalue weighted by Gasteiger charge is -2.37. The van der Waals surface area contributed by atoms with Crippen LogP contribution in [0.15, 0.2) is 24.3 Å². The molecule has 0 radical (unpaired) electrons. The summed E-state index contributed by atoms with van der Waals surface area (Å²) in [7, 11) is 0. The number of likely N-dealkylation sites (tertiary alicyclic amines) is 1. The molecule has 2 heterocycles. The van der Waals surface area contributed by atoms with E-state index in [1.165, 1.54) is 24.3 Å². The molecule has 160 valence electrons. The van der Waals surface area contributed by atoms with Crippen molar-refractivity contribution in [3.63, 3.8) is 0 Å². The van der Waals surface area contributed by atoms with Crippen LogP contribution in [0.25, 0.3) is 0 Å². The third-order valence-corrected chi connectivity index (χ3v) is 5.48. The molecule has 1 aromatic carbocycles. The second-order valence-corrected chi connectivity index (χ2v) is 7.32. The van der Waals surface area contributed by atoms with Crippen molar-refractivity contribution in [2.45, 2.75) is 32.4 Å². The number of nitrogens with one attached hydrogen (secondary N) is 1. The summed E-state index contributed by atoms with van der Waals surface area (Å²) in [6, 6.07) is 5.46. The standard InChI is InChI=1S/C20H27F2N3O4/c1-14(18(26)23-16-2-4-17(5-3-16)29-20(21)22)24-8-6-15(7-9-24)19(27)25-10-12-28-13-11-25/h2-5,14-15,20H,6-13H2,1H3,(H,23,26)/t14-/m1/s1. The Labute approximate surface area is 168 Å². The van der Waals surface area contributed by atoms with Gasteiger partial charge in [0.05, 0.1) is 19.3 Å². The molecule has 0 unspecified atom stereocenters. The fourth-order valence-corrected chi connectivity index (χ4v) is 3.71. The molecule has 0 bridgehead atoms. The Hall–Kier alpha value is -2.26. The molecule has 2 amide bonds. The Bertz CT molecular complexity index is 687. The number of benzene rings is 1. The zero-order chi connectivity index (χ0) is 20.8. The van der Waals surface area contributed by atoms with E-state index in [1.54, 1.807) is 0 Å². The number of halogens is 2. The van der Waals surface area contributed by atoms with E-state index in [-0.39, 0.29) is 29.5 Å². The van der Waals surface area contributed by atoms with Gasteiger partial charge in [0.1, 0.15) is 5.75 Å². The monoisotopic (exact) mass is 411 g/mol. The van der Waals surface area contributed by atoms with Crippen molar-refractivity contribution in [2.24, 2.45) is 5.92 Å². The maximum Gasteiger partial charge on any atom is 0.387 e. The van der Waals surface area contributed by atoms with Gasteiger partial charge in [-0.05, 0) is 57.1 Å². The molecule has 0 saturated carbocycles. The molecule has 29 heavy (non-hydrogen) atoms. The molecule has 9 heteroatoms. The van der Waals surface area contributed by atoms with Crippen molar-refractivity contribution in [3.05, 3.63) is 24.3 Å². The van der Waals surface area contributed by atoms with Gasteiger partial charge in [0.15, 0.2) is 0 Å². The van der Waals surface area contributed by atoms with Crippen molar-refractivity contribution in [1.82, 2.24) is 9.80 Å². The SMILES string of the molecule is C[C@H](C(=O)Nc1ccc(OC(F)F)cc1)N1CCC(C(=O)N2CCOCC2)CC1. The molecule has 2 fully saturated rings. The molecule has 2 aliphatic rings. The Morgan fingerprint density at radius 2 is 1.72 bits per heavy atom. The number of carbonyl (C=O) groups excluding carboxylic acids is 2. The number of nitrogens with zero attached hydrogens (tertiary/aromatic N) is 2. The minimum atomic E-state index is -2.88. The molecule has 0 aliphatic carbocycles. The lowest BCUT2D eigenvalue weighted by atomic mass is 9.94. The van der Waals surface area contributed by atoms with E-state index in [1.807, 2.05) is 11.8 Å². The fourth-order valence-electron chi connectivity index (χ4n) is 3.71. The summed E-state index contributed by atoms with van der Waals surface area (Å²) in [6.07, 6.45) is 1.46. The van der Waals surface area contributed by atoms with Crippen LogP contribution in [-0.4, -0.2) is 73.7 Å². The maximum atomic E-state index is 12.6. The summed E-state index contributed by atoms with van der Waals surface area (Å²) in [5, 5.41) is 2.79. The lowest BCUT2D eigenvalue weighted by molar-refractivity contribution is -0.141. The summed E-state index contributed by atoms with van der Waals surface area (Å²) in [5.74, 6) is 0.0571. The fraction of sp³-hybridized carbons (Fsp3) is 0.600. The maximum absolute atomic E-state index is 12.6. The van der Waals surface area contributed by atoms with Gasteiger partial charge in [-0.3, -0.25) is 14.5 Å². The van der Waals surface area contributed by atoms with E-state index in [2.05, 4.69) is 15.0 Å². The molecule has 1 N–H and O–H groups in total. The van der Waals surface area contributed by atoms with Crippen molar-refractivity contribution in [1.29, 1.82) is 0 Å². The number of rotatable bonds is 6. The van der Waals surface area contributed by atoms with Crippen LogP contribution in [0.5, 0.6) is 5.75 Å². The lowest BCUT2D eigenvalue weighted by Crippen LogP contribution is -2.50. The first-order valence-electron chi connectivity index (χ1n) is 9.90. The van der Waals surface area contributed by atoms with Crippen LogP contribution >= 0.6 is 0 Å². The highest BCUT2D eigenvalue weighted by molar-refractivity contribution is 5.94. The van der Waals surface area contributed by atoms with Crippen LogP contribution in [0, 0.1) is 5.92 Å². The van der Waals surface area contributed by atoms with Crippen LogP contribution in [-0.2, 0) is 14.3 Å². The average molecular weight is 411 g/mol.